The molecule has 0 bridgehead atoms. The fourth-order valence-electron chi connectivity index (χ4n) is 3.01. The molecule has 2 aromatic carbocycles. The first-order chi connectivity index (χ1) is 11.6. The van der Waals surface area contributed by atoms with Crippen LogP contribution in [0.15, 0.2) is 48.2 Å². The number of carbonyl (C=O) groups is 1. The zero-order chi connectivity index (χ0) is 16.7. The quantitative estimate of drug-likeness (QED) is 0.787. The van der Waals surface area contributed by atoms with E-state index in [2.05, 4.69) is 18.7 Å². The number of fused-ring (bicyclic) bond motifs is 3. The van der Waals surface area contributed by atoms with Crippen LogP contribution < -0.4 is 9.47 Å². The minimum atomic E-state index is -0.0710. The number of hydrogen-bond acceptors (Lipinski definition) is 4. The highest BCUT2D eigenvalue weighted by Gasteiger charge is 2.33. The number of rotatable bonds is 2. The molecule has 4 rings (SSSR count). The normalized spacial score (nSPS) is 18.3. The summed E-state index contributed by atoms with van der Waals surface area (Å²) >= 11 is 0. The monoisotopic (exact) mass is 321 g/mol. The van der Waals surface area contributed by atoms with Gasteiger partial charge >= 0.3 is 0 Å². The Morgan fingerprint density at radius 1 is 1.12 bits per heavy atom. The molecule has 2 aliphatic heterocycles. The van der Waals surface area contributed by atoms with Gasteiger partial charge in [0.2, 0.25) is 5.78 Å². The van der Waals surface area contributed by atoms with Crippen LogP contribution in [-0.2, 0) is 6.54 Å². The predicted molar refractivity (Wildman–Crippen MR) is 92.0 cm³/mol. The molecule has 0 spiro atoms. The summed E-state index contributed by atoms with van der Waals surface area (Å²) in [6.45, 7) is 5.54. The molecule has 0 amide bonds. The molecule has 0 radical (unpaired) electrons. The SMILES string of the molecule is CC(C)N1COc2ccc3c(c2C1)O/C(=C\c1ccccc1)C3=O. The van der Waals surface area contributed by atoms with E-state index in [0.717, 1.165) is 23.4 Å². The summed E-state index contributed by atoms with van der Waals surface area (Å²) in [5.41, 5.74) is 2.52. The average Bonchev–Trinajstić information content (AvgIpc) is 2.92. The smallest absolute Gasteiger partial charge is 0.231 e. The van der Waals surface area contributed by atoms with Crippen molar-refractivity contribution in [2.24, 2.45) is 0 Å². The molecule has 0 fully saturated rings. The van der Waals surface area contributed by atoms with Gasteiger partial charge in [-0.05, 0) is 37.6 Å². The minimum absolute atomic E-state index is 0.0710. The summed E-state index contributed by atoms with van der Waals surface area (Å²) in [6.07, 6.45) is 1.79. The van der Waals surface area contributed by atoms with Crippen LogP contribution in [0.3, 0.4) is 0 Å². The Hall–Kier alpha value is -2.59. The van der Waals surface area contributed by atoms with Gasteiger partial charge in [-0.25, -0.2) is 0 Å². The summed E-state index contributed by atoms with van der Waals surface area (Å²) in [5, 5.41) is 0. The number of carbonyl (C=O) groups excluding carboxylic acids is 1. The molecule has 0 aromatic heterocycles. The van der Waals surface area contributed by atoms with Gasteiger partial charge in [0, 0.05) is 12.6 Å². The first-order valence-electron chi connectivity index (χ1n) is 8.15. The highest BCUT2D eigenvalue weighted by atomic mass is 16.5. The molecule has 0 atom stereocenters. The number of benzene rings is 2. The third-order valence-electron chi connectivity index (χ3n) is 4.47. The lowest BCUT2D eigenvalue weighted by Crippen LogP contribution is -2.37. The van der Waals surface area contributed by atoms with Gasteiger partial charge in [0.25, 0.3) is 0 Å². The molecular formula is C20H19NO3. The van der Waals surface area contributed by atoms with E-state index in [9.17, 15) is 4.79 Å². The first kappa shape index (κ1) is 15.0. The number of Topliss-reactive ketones (excluding diaryl/α,β-unsaturated/α-hetero) is 1. The summed E-state index contributed by atoms with van der Waals surface area (Å²) in [7, 11) is 0. The molecule has 4 heteroatoms. The highest BCUT2D eigenvalue weighted by molar-refractivity contribution is 6.15. The Kier molecular flexibility index (Phi) is 3.62. The molecular weight excluding hydrogens is 302 g/mol. The Morgan fingerprint density at radius 3 is 2.67 bits per heavy atom. The second-order valence-electron chi connectivity index (χ2n) is 6.38. The Morgan fingerprint density at radius 2 is 1.92 bits per heavy atom. The van der Waals surface area contributed by atoms with Gasteiger partial charge in [-0.15, -0.1) is 0 Å². The minimum Gasteiger partial charge on any atom is -0.478 e. The van der Waals surface area contributed by atoms with Crippen molar-refractivity contribution in [3.8, 4) is 11.5 Å². The lowest BCUT2D eigenvalue weighted by Gasteiger charge is -2.32. The lowest BCUT2D eigenvalue weighted by atomic mass is 10.0. The average molecular weight is 321 g/mol. The maximum Gasteiger partial charge on any atom is 0.231 e. The van der Waals surface area contributed by atoms with Crippen molar-refractivity contribution >= 4 is 11.9 Å². The highest BCUT2D eigenvalue weighted by Crippen LogP contribution is 2.42. The third kappa shape index (κ3) is 2.49. The van der Waals surface area contributed by atoms with E-state index >= 15 is 0 Å². The van der Waals surface area contributed by atoms with Gasteiger partial charge < -0.3 is 9.47 Å². The molecule has 0 saturated heterocycles. The van der Waals surface area contributed by atoms with Gasteiger partial charge in [0.05, 0.1) is 11.1 Å². The zero-order valence-corrected chi connectivity index (χ0v) is 13.8. The second-order valence-corrected chi connectivity index (χ2v) is 6.38. The summed E-state index contributed by atoms with van der Waals surface area (Å²) in [5.74, 6) is 1.74. The van der Waals surface area contributed by atoms with Crippen LogP contribution in [0, 0.1) is 0 Å². The van der Waals surface area contributed by atoms with E-state index in [0.29, 0.717) is 29.8 Å². The molecule has 2 aromatic rings. The summed E-state index contributed by atoms with van der Waals surface area (Å²) in [6, 6.07) is 13.8. The Labute approximate surface area is 141 Å². The topological polar surface area (TPSA) is 38.8 Å². The predicted octanol–water partition coefficient (Wildman–Crippen LogP) is 3.86. The fraction of sp³-hybridized carbons (Fsp3) is 0.250. The van der Waals surface area contributed by atoms with E-state index in [-0.39, 0.29) is 5.78 Å². The molecule has 2 heterocycles. The van der Waals surface area contributed by atoms with E-state index in [1.807, 2.05) is 36.4 Å². The number of nitrogens with zero attached hydrogens (tertiary/aromatic N) is 1. The standard InChI is InChI=1S/C20H19NO3/c1-13(2)21-11-16-17(23-12-21)9-8-15-19(22)18(24-20(15)16)10-14-6-4-3-5-7-14/h3-10,13H,11-12H2,1-2H3/b18-10-. The maximum absolute atomic E-state index is 12.7. The zero-order valence-electron chi connectivity index (χ0n) is 13.8. The largest absolute Gasteiger partial charge is 0.478 e. The van der Waals surface area contributed by atoms with Gasteiger partial charge in [-0.1, -0.05) is 30.3 Å². The van der Waals surface area contributed by atoms with Crippen LogP contribution in [0.2, 0.25) is 0 Å². The third-order valence-corrected chi connectivity index (χ3v) is 4.47. The number of ether oxygens (including phenoxy) is 2. The second kappa shape index (κ2) is 5.80. The van der Waals surface area contributed by atoms with Crippen molar-refractivity contribution in [2.75, 3.05) is 6.73 Å². The van der Waals surface area contributed by atoms with Gasteiger partial charge in [-0.3, -0.25) is 9.69 Å². The molecule has 24 heavy (non-hydrogen) atoms. The van der Waals surface area contributed by atoms with Gasteiger partial charge in [-0.2, -0.15) is 0 Å². The van der Waals surface area contributed by atoms with Gasteiger partial charge in [0.1, 0.15) is 18.2 Å². The maximum atomic E-state index is 12.7. The Balaban J connectivity index is 1.72. The van der Waals surface area contributed by atoms with Crippen LogP contribution >= 0.6 is 0 Å². The van der Waals surface area contributed by atoms with Crippen molar-refractivity contribution in [3.05, 3.63) is 64.9 Å². The van der Waals surface area contributed by atoms with Crippen LogP contribution in [0.5, 0.6) is 11.5 Å². The molecule has 0 saturated carbocycles. The van der Waals surface area contributed by atoms with Crippen molar-refractivity contribution in [1.82, 2.24) is 4.90 Å². The van der Waals surface area contributed by atoms with Crippen molar-refractivity contribution < 1.29 is 14.3 Å². The van der Waals surface area contributed by atoms with Gasteiger partial charge in [0.15, 0.2) is 5.76 Å². The molecule has 0 N–H and O–H groups in total. The lowest BCUT2D eigenvalue weighted by molar-refractivity contribution is 0.0674. The fourth-order valence-corrected chi connectivity index (χ4v) is 3.01. The number of hydrogen-bond donors (Lipinski definition) is 0. The van der Waals surface area contributed by atoms with Crippen LogP contribution in [0.25, 0.3) is 6.08 Å². The van der Waals surface area contributed by atoms with E-state index in [4.69, 9.17) is 9.47 Å². The van der Waals surface area contributed by atoms with E-state index in [1.54, 1.807) is 12.1 Å². The van der Waals surface area contributed by atoms with Crippen LogP contribution in [-0.4, -0.2) is 23.5 Å². The molecule has 122 valence electrons. The summed E-state index contributed by atoms with van der Waals surface area (Å²) < 4.78 is 11.8. The number of allylic oxidation sites excluding steroid dienone is 1. The molecule has 0 unspecified atom stereocenters. The Bertz CT molecular complexity index is 824. The molecule has 2 aliphatic rings. The van der Waals surface area contributed by atoms with Crippen molar-refractivity contribution in [1.29, 1.82) is 0 Å². The van der Waals surface area contributed by atoms with Crippen LogP contribution in [0.1, 0.15) is 35.3 Å². The van der Waals surface area contributed by atoms with E-state index < -0.39 is 0 Å². The van der Waals surface area contributed by atoms with E-state index in [1.165, 1.54) is 0 Å². The van der Waals surface area contributed by atoms with Crippen LogP contribution in [0.4, 0.5) is 0 Å². The summed E-state index contributed by atoms with van der Waals surface area (Å²) in [4.78, 5) is 14.9. The van der Waals surface area contributed by atoms with Crippen molar-refractivity contribution in [2.45, 2.75) is 26.4 Å². The first-order valence-corrected chi connectivity index (χ1v) is 8.15. The number of ketones is 1. The molecule has 0 aliphatic carbocycles. The van der Waals surface area contributed by atoms with Crippen molar-refractivity contribution in [3.63, 3.8) is 0 Å². The molecule has 4 nitrogen and oxygen atoms in total.